The fourth-order valence-electron chi connectivity index (χ4n) is 2.43. The molecular weight excluding hydrogens is 212 g/mol. The molecule has 4 heteroatoms. The van der Waals surface area contributed by atoms with E-state index in [1.54, 1.807) is 0 Å². The first-order chi connectivity index (χ1) is 8.22. The topological polar surface area (TPSA) is 41.0 Å². The van der Waals surface area contributed by atoms with Gasteiger partial charge in [0.25, 0.3) is 0 Å². The monoisotopic (exact) mass is 234 g/mol. The van der Waals surface area contributed by atoms with Crippen LogP contribution < -0.4 is 10.2 Å². The van der Waals surface area contributed by atoms with Gasteiger partial charge in [-0.05, 0) is 33.2 Å². The predicted octanol–water partition coefficient (Wildman–Crippen LogP) is 1.67. The molecule has 0 bridgehead atoms. The number of nitrogens with one attached hydrogen (secondary N) is 1. The Hall–Kier alpha value is -1.16. The van der Waals surface area contributed by atoms with Crippen molar-refractivity contribution in [3.63, 3.8) is 0 Å². The van der Waals surface area contributed by atoms with Gasteiger partial charge >= 0.3 is 0 Å². The fraction of sp³-hybridized carbons (Fsp3) is 0.692. The third kappa shape index (κ3) is 2.75. The van der Waals surface area contributed by atoms with Crippen LogP contribution in [0.1, 0.15) is 31.2 Å². The lowest BCUT2D eigenvalue weighted by Gasteiger charge is -2.27. The van der Waals surface area contributed by atoms with Crippen molar-refractivity contribution in [2.45, 2.75) is 39.7 Å². The molecule has 1 fully saturated rings. The quantitative estimate of drug-likeness (QED) is 0.860. The van der Waals surface area contributed by atoms with Crippen molar-refractivity contribution in [3.8, 4) is 0 Å². The third-order valence-electron chi connectivity index (χ3n) is 3.33. The van der Waals surface area contributed by atoms with E-state index in [1.165, 1.54) is 12.8 Å². The van der Waals surface area contributed by atoms with Crippen LogP contribution in [0.5, 0.6) is 0 Å². The molecular formula is C13H22N4. The Kier molecular flexibility index (Phi) is 3.94. The number of likely N-dealkylation sites (N-methyl/N-ethyl adjacent to an activating group) is 1. The van der Waals surface area contributed by atoms with Gasteiger partial charge in [-0.25, -0.2) is 4.98 Å². The van der Waals surface area contributed by atoms with Crippen molar-refractivity contribution in [1.82, 2.24) is 15.3 Å². The summed E-state index contributed by atoms with van der Waals surface area (Å²) in [4.78, 5) is 11.5. The lowest BCUT2D eigenvalue weighted by Crippen LogP contribution is -2.39. The van der Waals surface area contributed by atoms with Gasteiger partial charge in [-0.3, -0.25) is 4.98 Å². The summed E-state index contributed by atoms with van der Waals surface area (Å²) in [6.07, 6.45) is 4.35. The van der Waals surface area contributed by atoms with E-state index >= 15 is 0 Å². The molecule has 1 aromatic heterocycles. The Balaban J connectivity index is 2.16. The van der Waals surface area contributed by atoms with Crippen molar-refractivity contribution >= 4 is 5.82 Å². The van der Waals surface area contributed by atoms with Crippen molar-refractivity contribution in [2.24, 2.45) is 0 Å². The second-order valence-corrected chi connectivity index (χ2v) is 4.72. The van der Waals surface area contributed by atoms with E-state index in [4.69, 9.17) is 0 Å². The number of nitrogens with zero attached hydrogens (tertiary/aromatic N) is 3. The van der Waals surface area contributed by atoms with E-state index in [0.717, 1.165) is 36.8 Å². The standard InChI is InChI=1S/C13H22N4/c1-4-14-9-12-6-5-7-17(12)13-11(3)15-8-10(2)16-13/h8,12,14H,4-7,9H2,1-3H3. The molecule has 2 heterocycles. The Labute approximate surface area is 103 Å². The van der Waals surface area contributed by atoms with Gasteiger partial charge in [-0.2, -0.15) is 0 Å². The maximum atomic E-state index is 4.65. The highest BCUT2D eigenvalue weighted by Crippen LogP contribution is 2.25. The largest absolute Gasteiger partial charge is 0.351 e. The highest BCUT2D eigenvalue weighted by Gasteiger charge is 2.26. The minimum atomic E-state index is 0.574. The van der Waals surface area contributed by atoms with Gasteiger partial charge in [0.2, 0.25) is 0 Å². The summed E-state index contributed by atoms with van der Waals surface area (Å²) in [7, 11) is 0. The Bertz CT molecular complexity index is 378. The van der Waals surface area contributed by atoms with Crippen LogP contribution in [0.25, 0.3) is 0 Å². The Morgan fingerprint density at radius 3 is 3.06 bits per heavy atom. The summed E-state index contributed by atoms with van der Waals surface area (Å²) in [5.74, 6) is 1.07. The summed E-state index contributed by atoms with van der Waals surface area (Å²) >= 11 is 0. The van der Waals surface area contributed by atoms with Gasteiger partial charge in [-0.1, -0.05) is 6.92 Å². The molecule has 1 aromatic rings. The van der Waals surface area contributed by atoms with Gasteiger partial charge in [-0.15, -0.1) is 0 Å². The van der Waals surface area contributed by atoms with E-state index < -0.39 is 0 Å². The fourth-order valence-corrected chi connectivity index (χ4v) is 2.43. The first-order valence-corrected chi connectivity index (χ1v) is 6.50. The number of hydrogen-bond donors (Lipinski definition) is 1. The van der Waals surface area contributed by atoms with Crippen LogP contribution in [0.3, 0.4) is 0 Å². The van der Waals surface area contributed by atoms with Gasteiger partial charge < -0.3 is 10.2 Å². The second kappa shape index (κ2) is 5.45. The van der Waals surface area contributed by atoms with Gasteiger partial charge in [0, 0.05) is 25.3 Å². The van der Waals surface area contributed by atoms with Gasteiger partial charge in [0.05, 0.1) is 11.4 Å². The van der Waals surface area contributed by atoms with E-state index in [2.05, 4.69) is 27.1 Å². The van der Waals surface area contributed by atoms with E-state index in [-0.39, 0.29) is 0 Å². The third-order valence-corrected chi connectivity index (χ3v) is 3.33. The molecule has 1 unspecified atom stereocenters. The molecule has 0 aliphatic carbocycles. The van der Waals surface area contributed by atoms with Crippen LogP contribution in [0.4, 0.5) is 5.82 Å². The normalized spacial score (nSPS) is 19.9. The zero-order chi connectivity index (χ0) is 12.3. The van der Waals surface area contributed by atoms with Crippen LogP contribution in [0.15, 0.2) is 6.20 Å². The molecule has 0 aromatic carbocycles. The number of anilines is 1. The molecule has 4 nitrogen and oxygen atoms in total. The predicted molar refractivity (Wildman–Crippen MR) is 70.4 cm³/mol. The average Bonchev–Trinajstić information content (AvgIpc) is 2.77. The Morgan fingerprint density at radius 1 is 1.47 bits per heavy atom. The lowest BCUT2D eigenvalue weighted by atomic mass is 10.2. The van der Waals surface area contributed by atoms with E-state index in [1.807, 2.05) is 20.0 Å². The van der Waals surface area contributed by atoms with Crippen molar-refractivity contribution in [2.75, 3.05) is 24.5 Å². The molecule has 1 aliphatic heterocycles. The number of rotatable bonds is 4. The molecule has 0 saturated carbocycles. The summed E-state index contributed by atoms with van der Waals surface area (Å²) in [6, 6.07) is 0.574. The first kappa shape index (κ1) is 12.3. The molecule has 0 amide bonds. The summed E-state index contributed by atoms with van der Waals surface area (Å²) in [5.41, 5.74) is 2.04. The summed E-state index contributed by atoms with van der Waals surface area (Å²) in [5, 5.41) is 3.43. The van der Waals surface area contributed by atoms with Crippen LogP contribution in [-0.4, -0.2) is 35.6 Å². The van der Waals surface area contributed by atoms with Gasteiger partial charge in [0.15, 0.2) is 5.82 Å². The van der Waals surface area contributed by atoms with Crippen molar-refractivity contribution in [1.29, 1.82) is 0 Å². The molecule has 94 valence electrons. The SMILES string of the molecule is CCNCC1CCCN1c1nc(C)cnc1C. The number of aromatic nitrogens is 2. The highest BCUT2D eigenvalue weighted by atomic mass is 15.3. The summed E-state index contributed by atoms with van der Waals surface area (Å²) < 4.78 is 0. The van der Waals surface area contributed by atoms with Crippen LogP contribution in [-0.2, 0) is 0 Å². The highest BCUT2D eigenvalue weighted by molar-refractivity contribution is 5.45. The van der Waals surface area contributed by atoms with Crippen LogP contribution in [0, 0.1) is 13.8 Å². The number of hydrogen-bond acceptors (Lipinski definition) is 4. The second-order valence-electron chi connectivity index (χ2n) is 4.72. The number of aryl methyl sites for hydroxylation is 2. The van der Waals surface area contributed by atoms with Crippen molar-refractivity contribution in [3.05, 3.63) is 17.6 Å². The zero-order valence-corrected chi connectivity index (χ0v) is 11.0. The van der Waals surface area contributed by atoms with Crippen LogP contribution in [0.2, 0.25) is 0 Å². The van der Waals surface area contributed by atoms with Crippen LogP contribution >= 0.6 is 0 Å². The van der Waals surface area contributed by atoms with E-state index in [9.17, 15) is 0 Å². The maximum Gasteiger partial charge on any atom is 0.150 e. The molecule has 2 rings (SSSR count). The Morgan fingerprint density at radius 2 is 2.29 bits per heavy atom. The molecule has 0 radical (unpaired) electrons. The molecule has 0 spiro atoms. The summed E-state index contributed by atoms with van der Waals surface area (Å²) in [6.45, 7) is 9.39. The first-order valence-electron chi connectivity index (χ1n) is 6.50. The molecule has 1 N–H and O–H groups in total. The van der Waals surface area contributed by atoms with Crippen molar-refractivity contribution < 1.29 is 0 Å². The zero-order valence-electron chi connectivity index (χ0n) is 11.0. The maximum absolute atomic E-state index is 4.65. The minimum absolute atomic E-state index is 0.574. The molecule has 17 heavy (non-hydrogen) atoms. The smallest absolute Gasteiger partial charge is 0.150 e. The minimum Gasteiger partial charge on any atom is -0.351 e. The molecule has 1 aliphatic rings. The van der Waals surface area contributed by atoms with Gasteiger partial charge in [0.1, 0.15) is 0 Å². The molecule has 1 atom stereocenters. The van der Waals surface area contributed by atoms with E-state index in [0.29, 0.717) is 6.04 Å². The lowest BCUT2D eigenvalue weighted by molar-refractivity contribution is 0.583. The average molecular weight is 234 g/mol. The molecule has 1 saturated heterocycles.